The average molecular weight is 363 g/mol. The van der Waals surface area contributed by atoms with Crippen LogP contribution in [-0.4, -0.2) is 21.6 Å². The van der Waals surface area contributed by atoms with Gasteiger partial charge in [-0.3, -0.25) is 14.3 Å². The number of carbonyl (C=O) groups excluding carboxylic acids is 2. The molecule has 2 amide bonds. The van der Waals surface area contributed by atoms with Gasteiger partial charge in [0.05, 0.1) is 4.47 Å². The van der Waals surface area contributed by atoms with E-state index in [1.807, 2.05) is 6.92 Å². The van der Waals surface area contributed by atoms with Gasteiger partial charge in [-0.1, -0.05) is 6.58 Å². The number of amides is 2. The molecule has 0 spiro atoms. The number of nitrogens with zero attached hydrogens (tertiary/aromatic N) is 2. The van der Waals surface area contributed by atoms with Crippen molar-refractivity contribution < 1.29 is 9.59 Å². The maximum Gasteiger partial charge on any atom is 0.256 e. The van der Waals surface area contributed by atoms with Crippen LogP contribution < -0.4 is 10.6 Å². The van der Waals surface area contributed by atoms with E-state index in [0.717, 1.165) is 4.47 Å². The van der Waals surface area contributed by atoms with E-state index in [1.165, 1.54) is 6.08 Å². The van der Waals surface area contributed by atoms with Crippen molar-refractivity contribution in [1.82, 2.24) is 9.78 Å². The first-order valence-electron chi connectivity index (χ1n) is 6.61. The first-order chi connectivity index (χ1) is 10.5. The number of aromatic nitrogens is 2. The Morgan fingerprint density at radius 2 is 2.00 bits per heavy atom. The molecule has 0 fully saturated rings. The molecule has 0 aliphatic rings. The zero-order chi connectivity index (χ0) is 16.1. The van der Waals surface area contributed by atoms with Crippen molar-refractivity contribution in [2.45, 2.75) is 13.5 Å². The molecule has 2 N–H and O–H groups in total. The highest BCUT2D eigenvalue weighted by atomic mass is 79.9. The fraction of sp³-hybridized carbons (Fsp3) is 0.133. The standard InChI is InChI=1S/C15H15BrN4O2/c1-3-13(21)17-11-7-5-10(6-8-11)15(22)18-14-12(16)9-20(4-2)19-14/h3,5-9H,1,4H2,2H3,(H,17,21)(H,18,19,22). The van der Waals surface area contributed by atoms with Gasteiger partial charge in [-0.05, 0) is 53.2 Å². The number of rotatable bonds is 5. The molecule has 0 saturated heterocycles. The maximum absolute atomic E-state index is 12.2. The van der Waals surface area contributed by atoms with Gasteiger partial charge in [-0.2, -0.15) is 5.10 Å². The van der Waals surface area contributed by atoms with E-state index in [2.05, 4.69) is 38.2 Å². The zero-order valence-corrected chi connectivity index (χ0v) is 13.6. The normalized spacial score (nSPS) is 10.1. The summed E-state index contributed by atoms with van der Waals surface area (Å²) in [5.74, 6) is -0.106. The van der Waals surface area contributed by atoms with Crippen LogP contribution in [0.1, 0.15) is 17.3 Å². The van der Waals surface area contributed by atoms with Crippen LogP contribution in [0.5, 0.6) is 0 Å². The molecule has 0 radical (unpaired) electrons. The Morgan fingerprint density at radius 1 is 1.32 bits per heavy atom. The van der Waals surface area contributed by atoms with Gasteiger partial charge in [0.15, 0.2) is 5.82 Å². The highest BCUT2D eigenvalue weighted by Crippen LogP contribution is 2.21. The molecular weight excluding hydrogens is 348 g/mol. The van der Waals surface area contributed by atoms with Gasteiger partial charge >= 0.3 is 0 Å². The molecule has 0 atom stereocenters. The largest absolute Gasteiger partial charge is 0.323 e. The van der Waals surface area contributed by atoms with Crippen molar-refractivity contribution in [3.8, 4) is 0 Å². The number of aryl methyl sites for hydroxylation is 1. The van der Waals surface area contributed by atoms with Crippen molar-refractivity contribution in [3.63, 3.8) is 0 Å². The van der Waals surface area contributed by atoms with Crippen LogP contribution in [0.3, 0.4) is 0 Å². The van der Waals surface area contributed by atoms with Gasteiger partial charge in [0, 0.05) is 24.0 Å². The van der Waals surface area contributed by atoms with Crippen LogP contribution in [0.15, 0.2) is 47.6 Å². The molecule has 0 aliphatic heterocycles. The number of anilines is 2. The van der Waals surface area contributed by atoms with E-state index in [0.29, 0.717) is 23.6 Å². The number of hydrogen-bond acceptors (Lipinski definition) is 3. The summed E-state index contributed by atoms with van der Waals surface area (Å²) < 4.78 is 2.44. The lowest BCUT2D eigenvalue weighted by Crippen LogP contribution is -2.13. The molecule has 22 heavy (non-hydrogen) atoms. The third-order valence-electron chi connectivity index (χ3n) is 2.87. The first-order valence-corrected chi connectivity index (χ1v) is 7.40. The fourth-order valence-corrected chi connectivity index (χ4v) is 2.14. The topological polar surface area (TPSA) is 76.0 Å². The lowest BCUT2D eigenvalue weighted by molar-refractivity contribution is -0.111. The van der Waals surface area contributed by atoms with E-state index in [1.54, 1.807) is 35.1 Å². The number of benzene rings is 1. The highest BCUT2D eigenvalue weighted by molar-refractivity contribution is 9.10. The Kier molecular flexibility index (Phi) is 5.11. The molecule has 2 rings (SSSR count). The summed E-state index contributed by atoms with van der Waals surface area (Å²) in [5.41, 5.74) is 1.06. The van der Waals surface area contributed by atoms with E-state index in [9.17, 15) is 9.59 Å². The Labute approximate surface area is 136 Å². The van der Waals surface area contributed by atoms with Gasteiger partial charge in [-0.15, -0.1) is 0 Å². The van der Waals surface area contributed by atoms with Gasteiger partial charge < -0.3 is 10.6 Å². The van der Waals surface area contributed by atoms with Crippen LogP contribution in [-0.2, 0) is 11.3 Å². The smallest absolute Gasteiger partial charge is 0.256 e. The molecule has 0 unspecified atom stereocenters. The van der Waals surface area contributed by atoms with Crippen molar-refractivity contribution in [3.05, 3.63) is 53.2 Å². The number of halogens is 1. The van der Waals surface area contributed by atoms with E-state index in [4.69, 9.17) is 0 Å². The van der Waals surface area contributed by atoms with Crippen molar-refractivity contribution in [1.29, 1.82) is 0 Å². The minimum absolute atomic E-state index is 0.274. The van der Waals surface area contributed by atoms with Gasteiger partial charge in [-0.25, -0.2) is 0 Å². The van der Waals surface area contributed by atoms with Crippen LogP contribution >= 0.6 is 15.9 Å². The van der Waals surface area contributed by atoms with Crippen molar-refractivity contribution >= 4 is 39.2 Å². The molecule has 1 aromatic heterocycles. The average Bonchev–Trinajstić information content (AvgIpc) is 2.88. The lowest BCUT2D eigenvalue weighted by Gasteiger charge is -2.05. The number of hydrogen-bond donors (Lipinski definition) is 2. The second kappa shape index (κ2) is 7.04. The summed E-state index contributed by atoms with van der Waals surface area (Å²) in [6.45, 7) is 6.05. The van der Waals surface area contributed by atoms with Gasteiger partial charge in [0.25, 0.3) is 5.91 Å². The summed E-state index contributed by atoms with van der Waals surface area (Å²) in [6.07, 6.45) is 2.98. The molecule has 2 aromatic rings. The molecule has 1 heterocycles. The van der Waals surface area contributed by atoms with Crippen molar-refractivity contribution in [2.75, 3.05) is 10.6 Å². The summed E-state index contributed by atoms with van der Waals surface area (Å²) in [7, 11) is 0. The summed E-state index contributed by atoms with van der Waals surface area (Å²) in [4.78, 5) is 23.4. The second-order valence-electron chi connectivity index (χ2n) is 4.41. The monoisotopic (exact) mass is 362 g/mol. The molecule has 1 aromatic carbocycles. The highest BCUT2D eigenvalue weighted by Gasteiger charge is 2.11. The summed E-state index contributed by atoms with van der Waals surface area (Å²) >= 11 is 3.35. The molecule has 7 heteroatoms. The van der Waals surface area contributed by atoms with Gasteiger partial charge in [0.1, 0.15) is 0 Å². The third-order valence-corrected chi connectivity index (χ3v) is 3.45. The van der Waals surface area contributed by atoms with Crippen LogP contribution in [0, 0.1) is 0 Å². The maximum atomic E-state index is 12.2. The molecule has 6 nitrogen and oxygen atoms in total. The second-order valence-corrected chi connectivity index (χ2v) is 5.26. The Hall–Kier alpha value is -2.41. The molecular formula is C15H15BrN4O2. The van der Waals surface area contributed by atoms with Crippen LogP contribution in [0.4, 0.5) is 11.5 Å². The Morgan fingerprint density at radius 3 is 2.55 bits per heavy atom. The molecule has 0 aliphatic carbocycles. The molecule has 0 saturated carbocycles. The zero-order valence-electron chi connectivity index (χ0n) is 12.0. The minimum Gasteiger partial charge on any atom is -0.323 e. The first kappa shape index (κ1) is 16.0. The molecule has 0 bridgehead atoms. The summed E-state index contributed by atoms with van der Waals surface area (Å²) in [6, 6.07) is 6.55. The molecule has 114 valence electrons. The minimum atomic E-state index is -0.300. The quantitative estimate of drug-likeness (QED) is 0.802. The van der Waals surface area contributed by atoms with E-state index in [-0.39, 0.29) is 11.8 Å². The fourth-order valence-electron chi connectivity index (χ4n) is 1.72. The number of nitrogens with one attached hydrogen (secondary N) is 2. The summed E-state index contributed by atoms with van der Waals surface area (Å²) in [5, 5.41) is 9.58. The Bertz CT molecular complexity index is 707. The number of carbonyl (C=O) groups is 2. The third kappa shape index (κ3) is 3.82. The van der Waals surface area contributed by atoms with Crippen LogP contribution in [0.2, 0.25) is 0 Å². The predicted octanol–water partition coefficient (Wildman–Crippen LogP) is 3.04. The van der Waals surface area contributed by atoms with Crippen LogP contribution in [0.25, 0.3) is 0 Å². The van der Waals surface area contributed by atoms with E-state index < -0.39 is 0 Å². The SMILES string of the molecule is C=CC(=O)Nc1ccc(C(=O)Nc2nn(CC)cc2Br)cc1. The van der Waals surface area contributed by atoms with Gasteiger partial charge in [0.2, 0.25) is 5.91 Å². The van der Waals surface area contributed by atoms with Crippen molar-refractivity contribution in [2.24, 2.45) is 0 Å². The lowest BCUT2D eigenvalue weighted by atomic mass is 10.2. The predicted molar refractivity (Wildman–Crippen MR) is 88.8 cm³/mol. The Balaban J connectivity index is 2.07. The van der Waals surface area contributed by atoms with E-state index >= 15 is 0 Å².